The third-order valence-corrected chi connectivity index (χ3v) is 4.85. The van der Waals surface area contributed by atoms with Gasteiger partial charge in [0.05, 0.1) is 0 Å². The Bertz CT molecular complexity index is 514. The molecule has 1 aliphatic carbocycles. The Hall–Kier alpha value is -1.38. The molecule has 0 bridgehead atoms. The fourth-order valence-corrected chi connectivity index (χ4v) is 3.11. The third-order valence-electron chi connectivity index (χ3n) is 4.85. The topological polar surface area (TPSA) is 33.2 Å². The Kier molecular flexibility index (Phi) is 4.01. The van der Waals surface area contributed by atoms with Gasteiger partial charge in [0.15, 0.2) is 0 Å². The van der Waals surface area contributed by atoms with Crippen molar-refractivity contribution < 1.29 is 4.79 Å². The zero-order valence-electron chi connectivity index (χ0n) is 13.4. The Morgan fingerprint density at radius 2 is 2.10 bits per heavy atom. The molecule has 1 aromatic heterocycles. The molecule has 1 saturated heterocycles. The summed E-state index contributed by atoms with van der Waals surface area (Å²) < 4.78 is 0. The van der Waals surface area contributed by atoms with Gasteiger partial charge in [0, 0.05) is 36.0 Å². The molecule has 21 heavy (non-hydrogen) atoms. The minimum absolute atomic E-state index is 0.206. The molecule has 114 valence electrons. The lowest BCUT2D eigenvalue weighted by Crippen LogP contribution is -2.29. The minimum Gasteiger partial charge on any atom is -0.338 e. The molecule has 1 amide bonds. The average molecular weight is 286 g/mol. The van der Waals surface area contributed by atoms with E-state index in [4.69, 9.17) is 4.98 Å². The Labute approximate surface area is 127 Å². The highest BCUT2D eigenvalue weighted by molar-refractivity contribution is 5.94. The van der Waals surface area contributed by atoms with Gasteiger partial charge < -0.3 is 4.90 Å². The average Bonchev–Trinajstić information content (AvgIpc) is 3.23. The normalized spacial score (nSPS) is 22.1. The molecule has 1 atom stereocenters. The van der Waals surface area contributed by atoms with Crippen molar-refractivity contribution in [2.75, 3.05) is 13.1 Å². The summed E-state index contributed by atoms with van der Waals surface area (Å²) in [6, 6.07) is 4.06. The molecule has 3 heteroatoms. The van der Waals surface area contributed by atoms with Crippen molar-refractivity contribution in [3.05, 3.63) is 29.1 Å². The SMILES string of the molecule is CCC1CCN(C(=O)c2cc(C(C)C)nc(C3CC3)c2)C1. The summed E-state index contributed by atoms with van der Waals surface area (Å²) in [5.74, 6) is 1.86. The fourth-order valence-electron chi connectivity index (χ4n) is 3.11. The van der Waals surface area contributed by atoms with Crippen LogP contribution in [0.3, 0.4) is 0 Å². The molecule has 0 aromatic carbocycles. The van der Waals surface area contributed by atoms with E-state index in [2.05, 4.69) is 20.8 Å². The molecule has 1 saturated carbocycles. The van der Waals surface area contributed by atoms with Crippen LogP contribution >= 0.6 is 0 Å². The summed E-state index contributed by atoms with van der Waals surface area (Å²) in [7, 11) is 0. The van der Waals surface area contributed by atoms with Gasteiger partial charge in [-0.3, -0.25) is 9.78 Å². The molecule has 2 aliphatic rings. The smallest absolute Gasteiger partial charge is 0.253 e. The van der Waals surface area contributed by atoms with Gasteiger partial charge in [0.2, 0.25) is 0 Å². The van der Waals surface area contributed by atoms with E-state index >= 15 is 0 Å². The lowest BCUT2D eigenvalue weighted by Gasteiger charge is -2.18. The van der Waals surface area contributed by atoms with Gasteiger partial charge in [-0.25, -0.2) is 0 Å². The second-order valence-corrected chi connectivity index (χ2v) is 6.95. The van der Waals surface area contributed by atoms with Crippen LogP contribution in [0.4, 0.5) is 0 Å². The Morgan fingerprint density at radius 3 is 2.67 bits per heavy atom. The van der Waals surface area contributed by atoms with Gasteiger partial charge in [0.25, 0.3) is 5.91 Å². The summed E-state index contributed by atoms with van der Waals surface area (Å²) in [5.41, 5.74) is 3.05. The Balaban J connectivity index is 1.85. The molecular weight excluding hydrogens is 260 g/mol. The van der Waals surface area contributed by atoms with Crippen LogP contribution < -0.4 is 0 Å². The van der Waals surface area contributed by atoms with E-state index in [1.54, 1.807) is 0 Å². The molecule has 1 aromatic rings. The lowest BCUT2D eigenvalue weighted by molar-refractivity contribution is 0.0786. The van der Waals surface area contributed by atoms with Crippen molar-refractivity contribution in [1.82, 2.24) is 9.88 Å². The molecule has 2 heterocycles. The van der Waals surface area contributed by atoms with Gasteiger partial charge in [-0.15, -0.1) is 0 Å². The van der Waals surface area contributed by atoms with Crippen LogP contribution in [0.2, 0.25) is 0 Å². The van der Waals surface area contributed by atoms with E-state index in [1.807, 2.05) is 17.0 Å². The van der Waals surface area contributed by atoms with Crippen LogP contribution in [0, 0.1) is 5.92 Å². The summed E-state index contributed by atoms with van der Waals surface area (Å²) >= 11 is 0. The van der Waals surface area contributed by atoms with E-state index < -0.39 is 0 Å². The van der Waals surface area contributed by atoms with Crippen LogP contribution in [-0.4, -0.2) is 28.9 Å². The van der Waals surface area contributed by atoms with Gasteiger partial charge in [-0.1, -0.05) is 27.2 Å². The Morgan fingerprint density at radius 1 is 1.33 bits per heavy atom. The third kappa shape index (κ3) is 3.12. The van der Waals surface area contributed by atoms with E-state index in [9.17, 15) is 4.79 Å². The highest BCUT2D eigenvalue weighted by atomic mass is 16.2. The van der Waals surface area contributed by atoms with Gasteiger partial charge in [0.1, 0.15) is 0 Å². The summed E-state index contributed by atoms with van der Waals surface area (Å²) in [4.78, 5) is 19.6. The number of nitrogens with zero attached hydrogens (tertiary/aromatic N) is 2. The highest BCUT2D eigenvalue weighted by Crippen LogP contribution is 2.40. The number of carbonyl (C=O) groups is 1. The van der Waals surface area contributed by atoms with Gasteiger partial charge in [-0.2, -0.15) is 0 Å². The first-order valence-corrected chi connectivity index (χ1v) is 8.39. The van der Waals surface area contributed by atoms with Crippen LogP contribution in [0.5, 0.6) is 0 Å². The second-order valence-electron chi connectivity index (χ2n) is 6.95. The number of likely N-dealkylation sites (tertiary alicyclic amines) is 1. The van der Waals surface area contributed by atoms with Crippen molar-refractivity contribution in [3.8, 4) is 0 Å². The predicted molar refractivity (Wildman–Crippen MR) is 84.6 cm³/mol. The number of hydrogen-bond donors (Lipinski definition) is 0. The number of carbonyl (C=O) groups excluding carboxylic acids is 1. The molecular formula is C18H26N2O. The highest BCUT2D eigenvalue weighted by Gasteiger charge is 2.29. The number of hydrogen-bond acceptors (Lipinski definition) is 2. The standard InChI is InChI=1S/C18H26N2O/c1-4-13-7-8-20(11-13)18(21)15-9-16(12(2)3)19-17(10-15)14-5-6-14/h9-10,12-14H,4-8,11H2,1-3H3. The quantitative estimate of drug-likeness (QED) is 0.839. The first kappa shape index (κ1) is 14.6. The number of rotatable bonds is 4. The molecule has 0 radical (unpaired) electrons. The van der Waals surface area contributed by atoms with Gasteiger partial charge in [-0.05, 0) is 43.2 Å². The zero-order valence-corrected chi connectivity index (χ0v) is 13.4. The monoisotopic (exact) mass is 286 g/mol. The molecule has 0 N–H and O–H groups in total. The van der Waals surface area contributed by atoms with Crippen LogP contribution in [0.1, 0.15) is 80.0 Å². The number of aromatic nitrogens is 1. The summed E-state index contributed by atoms with van der Waals surface area (Å²) in [6.45, 7) is 8.35. The van der Waals surface area contributed by atoms with Crippen molar-refractivity contribution in [2.24, 2.45) is 5.92 Å². The second kappa shape index (κ2) is 5.78. The maximum Gasteiger partial charge on any atom is 0.253 e. The van der Waals surface area contributed by atoms with E-state index in [-0.39, 0.29) is 5.91 Å². The first-order valence-electron chi connectivity index (χ1n) is 8.39. The molecule has 2 fully saturated rings. The molecule has 1 aliphatic heterocycles. The maximum atomic E-state index is 12.8. The molecule has 3 rings (SSSR count). The van der Waals surface area contributed by atoms with Crippen molar-refractivity contribution in [3.63, 3.8) is 0 Å². The predicted octanol–water partition coefficient (Wildman–Crippen LogP) is 3.95. The first-order chi connectivity index (χ1) is 10.1. The fraction of sp³-hybridized carbons (Fsp3) is 0.667. The van der Waals surface area contributed by atoms with E-state index in [0.717, 1.165) is 36.5 Å². The molecule has 3 nitrogen and oxygen atoms in total. The van der Waals surface area contributed by atoms with Crippen LogP contribution in [0.15, 0.2) is 12.1 Å². The van der Waals surface area contributed by atoms with Crippen molar-refractivity contribution in [2.45, 2.75) is 58.3 Å². The number of pyridine rings is 1. The van der Waals surface area contributed by atoms with E-state index in [0.29, 0.717) is 17.8 Å². The number of amides is 1. The maximum absolute atomic E-state index is 12.8. The van der Waals surface area contributed by atoms with Crippen molar-refractivity contribution in [1.29, 1.82) is 0 Å². The largest absolute Gasteiger partial charge is 0.338 e. The van der Waals surface area contributed by atoms with Gasteiger partial charge >= 0.3 is 0 Å². The summed E-state index contributed by atoms with van der Waals surface area (Å²) in [6.07, 6.45) is 4.78. The van der Waals surface area contributed by atoms with Crippen LogP contribution in [0.25, 0.3) is 0 Å². The van der Waals surface area contributed by atoms with E-state index in [1.165, 1.54) is 19.3 Å². The van der Waals surface area contributed by atoms with Crippen LogP contribution in [-0.2, 0) is 0 Å². The lowest BCUT2D eigenvalue weighted by atomic mass is 10.0. The van der Waals surface area contributed by atoms with Crippen molar-refractivity contribution >= 4 is 5.91 Å². The molecule has 0 spiro atoms. The summed E-state index contributed by atoms with van der Waals surface area (Å²) in [5, 5.41) is 0. The zero-order chi connectivity index (χ0) is 15.0. The minimum atomic E-state index is 0.206. The molecule has 1 unspecified atom stereocenters.